The number of piperazine rings is 1. The van der Waals surface area contributed by atoms with E-state index in [2.05, 4.69) is 56.9 Å². The van der Waals surface area contributed by atoms with Crippen LogP contribution < -0.4 is 15.0 Å². The first-order valence-electron chi connectivity index (χ1n) is 12.3. The van der Waals surface area contributed by atoms with E-state index in [9.17, 15) is 4.39 Å². The highest BCUT2D eigenvalue weighted by Crippen LogP contribution is 2.39. The number of likely N-dealkylation sites (N-methyl/N-ethyl adjacent to an activating group) is 1. The normalized spacial score (nSPS) is 16.9. The minimum absolute atomic E-state index is 0.251. The maximum atomic E-state index is 15.0. The van der Waals surface area contributed by atoms with Crippen LogP contribution in [-0.2, 0) is 13.6 Å². The van der Waals surface area contributed by atoms with Crippen molar-refractivity contribution in [3.05, 3.63) is 48.0 Å². The van der Waals surface area contributed by atoms with Gasteiger partial charge in [0.2, 0.25) is 5.95 Å². The highest BCUT2D eigenvalue weighted by molar-refractivity contribution is 5.73. The van der Waals surface area contributed by atoms with Crippen molar-refractivity contribution in [1.29, 1.82) is 0 Å². The fraction of sp³-hybridized carbons (Fsp3) is 0.462. The van der Waals surface area contributed by atoms with Crippen molar-refractivity contribution < 1.29 is 9.13 Å². The fourth-order valence-corrected chi connectivity index (χ4v) is 4.75. The SMILES string of the molecule is CC(C)N1CCOc2c(F)cc(-c3cnc(Nc4ccc(CN5CCN(C)CC5)cn4)n3C)cc21. The van der Waals surface area contributed by atoms with E-state index in [4.69, 9.17) is 4.74 Å². The number of imidazole rings is 1. The van der Waals surface area contributed by atoms with Gasteiger partial charge in [0.1, 0.15) is 12.4 Å². The second kappa shape index (κ2) is 9.83. The highest BCUT2D eigenvalue weighted by Gasteiger charge is 2.25. The number of hydrogen-bond donors (Lipinski definition) is 1. The van der Waals surface area contributed by atoms with Crippen LogP contribution in [0.4, 0.5) is 21.8 Å². The number of rotatable bonds is 6. The average Bonchev–Trinajstić information content (AvgIpc) is 3.21. The molecule has 1 N–H and O–H groups in total. The summed E-state index contributed by atoms with van der Waals surface area (Å²) in [6.45, 7) is 10.7. The number of benzene rings is 1. The molecule has 9 heteroatoms. The molecule has 0 saturated carbocycles. The van der Waals surface area contributed by atoms with E-state index >= 15 is 0 Å². The van der Waals surface area contributed by atoms with E-state index in [1.165, 1.54) is 11.6 Å². The first kappa shape index (κ1) is 23.6. The second-order valence-corrected chi connectivity index (χ2v) is 9.72. The Morgan fingerprint density at radius 3 is 2.54 bits per heavy atom. The smallest absolute Gasteiger partial charge is 0.208 e. The van der Waals surface area contributed by atoms with Crippen molar-refractivity contribution in [1.82, 2.24) is 24.3 Å². The number of aromatic nitrogens is 3. The molecule has 0 atom stereocenters. The maximum Gasteiger partial charge on any atom is 0.208 e. The predicted octanol–water partition coefficient (Wildman–Crippen LogP) is 3.72. The van der Waals surface area contributed by atoms with Gasteiger partial charge in [0, 0.05) is 57.6 Å². The Morgan fingerprint density at radius 2 is 1.83 bits per heavy atom. The molecule has 2 aliphatic heterocycles. The lowest BCUT2D eigenvalue weighted by atomic mass is 10.1. The van der Waals surface area contributed by atoms with Gasteiger partial charge >= 0.3 is 0 Å². The second-order valence-electron chi connectivity index (χ2n) is 9.72. The minimum Gasteiger partial charge on any atom is -0.486 e. The molecule has 5 rings (SSSR count). The summed E-state index contributed by atoms with van der Waals surface area (Å²) < 4.78 is 22.5. The van der Waals surface area contributed by atoms with Crippen LogP contribution in [0.15, 0.2) is 36.7 Å². The molecule has 1 fully saturated rings. The van der Waals surface area contributed by atoms with Gasteiger partial charge in [0.15, 0.2) is 11.6 Å². The van der Waals surface area contributed by atoms with E-state index < -0.39 is 0 Å². The van der Waals surface area contributed by atoms with Gasteiger partial charge in [-0.05, 0) is 44.7 Å². The van der Waals surface area contributed by atoms with Gasteiger partial charge in [0.25, 0.3) is 0 Å². The molecule has 2 aliphatic rings. The third kappa shape index (κ3) is 4.97. The molecule has 0 amide bonds. The Kier molecular flexibility index (Phi) is 6.62. The van der Waals surface area contributed by atoms with Crippen molar-refractivity contribution in [3.8, 4) is 17.0 Å². The lowest BCUT2D eigenvalue weighted by Crippen LogP contribution is -2.43. The molecule has 0 unspecified atom stereocenters. The molecule has 4 heterocycles. The topological polar surface area (TPSA) is 61.7 Å². The first-order chi connectivity index (χ1) is 16.9. The van der Waals surface area contributed by atoms with Crippen molar-refractivity contribution in [2.75, 3.05) is 56.6 Å². The van der Waals surface area contributed by atoms with Crippen LogP contribution in [0.2, 0.25) is 0 Å². The maximum absolute atomic E-state index is 15.0. The zero-order valence-electron chi connectivity index (χ0n) is 21.0. The molecular formula is C26H34FN7O. The van der Waals surface area contributed by atoms with E-state index in [0.717, 1.165) is 62.0 Å². The van der Waals surface area contributed by atoms with Gasteiger partial charge in [-0.2, -0.15) is 0 Å². The number of nitrogens with zero attached hydrogens (tertiary/aromatic N) is 6. The molecule has 0 spiro atoms. The van der Waals surface area contributed by atoms with Crippen LogP contribution in [-0.4, -0.2) is 76.8 Å². The van der Waals surface area contributed by atoms with Gasteiger partial charge < -0.3 is 24.4 Å². The van der Waals surface area contributed by atoms with Crippen molar-refractivity contribution in [2.24, 2.45) is 7.05 Å². The van der Waals surface area contributed by atoms with Gasteiger partial charge in [-0.15, -0.1) is 0 Å². The molecule has 3 aromatic rings. The van der Waals surface area contributed by atoms with Crippen LogP contribution in [0.25, 0.3) is 11.3 Å². The monoisotopic (exact) mass is 479 g/mol. The Hall–Kier alpha value is -3.17. The number of nitrogens with one attached hydrogen (secondary N) is 1. The molecular weight excluding hydrogens is 445 g/mol. The lowest BCUT2D eigenvalue weighted by Gasteiger charge is -2.34. The molecule has 2 aromatic heterocycles. The van der Waals surface area contributed by atoms with Crippen molar-refractivity contribution >= 4 is 17.5 Å². The van der Waals surface area contributed by atoms with E-state index in [1.54, 1.807) is 6.20 Å². The number of fused-ring (bicyclic) bond motifs is 1. The Morgan fingerprint density at radius 1 is 1.03 bits per heavy atom. The highest BCUT2D eigenvalue weighted by atomic mass is 19.1. The Labute approximate surface area is 206 Å². The lowest BCUT2D eigenvalue weighted by molar-refractivity contribution is 0.148. The summed E-state index contributed by atoms with van der Waals surface area (Å²) >= 11 is 0. The zero-order chi connectivity index (χ0) is 24.5. The minimum atomic E-state index is -0.351. The van der Waals surface area contributed by atoms with Crippen molar-refractivity contribution in [2.45, 2.75) is 26.4 Å². The summed E-state index contributed by atoms with van der Waals surface area (Å²) in [6, 6.07) is 7.85. The average molecular weight is 480 g/mol. The van der Waals surface area contributed by atoms with Crippen LogP contribution in [0, 0.1) is 5.82 Å². The van der Waals surface area contributed by atoms with Crippen LogP contribution >= 0.6 is 0 Å². The molecule has 0 bridgehead atoms. The largest absolute Gasteiger partial charge is 0.486 e. The molecule has 1 aromatic carbocycles. The molecule has 1 saturated heterocycles. The molecule has 0 radical (unpaired) electrons. The number of hydrogen-bond acceptors (Lipinski definition) is 7. The predicted molar refractivity (Wildman–Crippen MR) is 137 cm³/mol. The molecule has 186 valence electrons. The number of ether oxygens (including phenoxy) is 1. The first-order valence-corrected chi connectivity index (χ1v) is 12.3. The zero-order valence-corrected chi connectivity index (χ0v) is 21.0. The number of anilines is 3. The van der Waals surface area contributed by atoms with E-state index in [1.807, 2.05) is 29.9 Å². The third-order valence-corrected chi connectivity index (χ3v) is 6.89. The van der Waals surface area contributed by atoms with E-state index in [-0.39, 0.29) is 11.9 Å². The molecule has 0 aliphatic carbocycles. The summed E-state index contributed by atoms with van der Waals surface area (Å²) in [6.07, 6.45) is 3.68. The van der Waals surface area contributed by atoms with Crippen LogP contribution in [0.5, 0.6) is 5.75 Å². The molecule has 8 nitrogen and oxygen atoms in total. The summed E-state index contributed by atoms with van der Waals surface area (Å²) in [5.74, 6) is 1.35. The summed E-state index contributed by atoms with van der Waals surface area (Å²) in [5, 5.41) is 3.29. The van der Waals surface area contributed by atoms with E-state index in [0.29, 0.717) is 18.3 Å². The molecule has 35 heavy (non-hydrogen) atoms. The summed E-state index contributed by atoms with van der Waals surface area (Å²) in [4.78, 5) is 16.1. The van der Waals surface area contributed by atoms with Crippen molar-refractivity contribution in [3.63, 3.8) is 0 Å². The van der Waals surface area contributed by atoms with Gasteiger partial charge in [-0.3, -0.25) is 4.90 Å². The number of halogens is 1. The third-order valence-electron chi connectivity index (χ3n) is 6.89. The number of pyridine rings is 1. The van der Waals surface area contributed by atoms with Crippen LogP contribution in [0.1, 0.15) is 19.4 Å². The van der Waals surface area contributed by atoms with Gasteiger partial charge in [-0.25, -0.2) is 14.4 Å². The van der Waals surface area contributed by atoms with Gasteiger partial charge in [0.05, 0.1) is 24.1 Å². The Balaban J connectivity index is 1.32. The fourth-order valence-electron chi connectivity index (χ4n) is 4.75. The summed E-state index contributed by atoms with van der Waals surface area (Å²) in [5.41, 5.74) is 3.56. The summed E-state index contributed by atoms with van der Waals surface area (Å²) in [7, 11) is 4.08. The van der Waals surface area contributed by atoms with Crippen LogP contribution in [0.3, 0.4) is 0 Å². The Bertz CT molecular complexity index is 1170. The standard InChI is InChI=1S/C26H34FN7O/c1-18(2)34-11-12-35-25-21(27)13-20(14-22(25)34)23-16-29-26(32(23)4)30-24-6-5-19(15-28-24)17-33-9-7-31(3)8-10-33/h5-6,13-16,18H,7-12,17H2,1-4H3,(H,28,29,30). The quantitative estimate of drug-likeness (QED) is 0.578. The van der Waals surface area contributed by atoms with Gasteiger partial charge in [-0.1, -0.05) is 6.07 Å².